The van der Waals surface area contributed by atoms with Crippen LogP contribution in [0.1, 0.15) is 5.69 Å². The molecular weight excluding hydrogens is 392 g/mol. The zero-order chi connectivity index (χ0) is 17.1. The summed E-state index contributed by atoms with van der Waals surface area (Å²) in [5.41, 5.74) is -0.454. The summed E-state index contributed by atoms with van der Waals surface area (Å²) in [6.07, 6.45) is 0. The number of nitrogens with one attached hydrogen (secondary N) is 1. The molecule has 9 heteroatoms. The van der Waals surface area contributed by atoms with Crippen LogP contribution in [0.5, 0.6) is 0 Å². The molecule has 0 radical (unpaired) electrons. The van der Waals surface area contributed by atoms with E-state index in [4.69, 9.17) is 30.5 Å². The molecule has 1 rings (SSSR count). The van der Waals surface area contributed by atoms with Crippen LogP contribution in [0.2, 0.25) is 0 Å². The maximum absolute atomic E-state index is 11.9. The van der Waals surface area contributed by atoms with E-state index in [2.05, 4.69) is 26.2 Å². The number of ether oxygens (including phenoxy) is 4. The first-order valence-electron chi connectivity index (χ1n) is 6.71. The Morgan fingerprint density at radius 2 is 1.87 bits per heavy atom. The number of hydrogen-bond acceptors (Lipinski definition) is 6. The average molecular weight is 412 g/mol. The van der Waals surface area contributed by atoms with Crippen LogP contribution in [-0.4, -0.2) is 57.8 Å². The highest BCUT2D eigenvalue weighted by Crippen LogP contribution is 2.23. The second-order valence-corrected chi connectivity index (χ2v) is 5.70. The van der Waals surface area contributed by atoms with Crippen LogP contribution in [0.15, 0.2) is 22.8 Å². The van der Waals surface area contributed by atoms with Gasteiger partial charge in [-0.25, -0.2) is 4.98 Å². The Kier molecular flexibility index (Phi) is 9.61. The molecule has 0 unspecified atom stereocenters. The molecule has 1 aromatic rings. The summed E-state index contributed by atoms with van der Waals surface area (Å²) in [4.78, 5) is 16.3. The van der Waals surface area contributed by atoms with Crippen molar-refractivity contribution in [2.24, 2.45) is 0 Å². The number of alkyl halides is 1. The molecule has 1 aromatic heterocycles. The molecule has 0 saturated carbocycles. The molecule has 23 heavy (non-hydrogen) atoms. The van der Waals surface area contributed by atoms with E-state index in [-0.39, 0.29) is 38.6 Å². The van der Waals surface area contributed by atoms with E-state index >= 15 is 0 Å². The number of pyridine rings is 1. The number of carbonyl (C=O) groups excluding carboxylic acids is 1. The SMILES string of the molecule is COCOCC(COCOC)(NC(=O)CCl)c1cccc(Br)n1. The molecule has 1 N–H and O–H groups in total. The summed E-state index contributed by atoms with van der Waals surface area (Å²) in [5, 5.41) is 2.83. The number of rotatable bonds is 11. The Labute approximate surface area is 148 Å². The number of halogens is 2. The lowest BCUT2D eigenvalue weighted by atomic mass is 9.96. The number of methoxy groups -OCH3 is 2. The van der Waals surface area contributed by atoms with Gasteiger partial charge in [0.2, 0.25) is 5.91 Å². The Hall–Kier alpha value is -0.770. The zero-order valence-corrected chi connectivity index (χ0v) is 15.4. The fourth-order valence-corrected chi connectivity index (χ4v) is 2.31. The van der Waals surface area contributed by atoms with Gasteiger partial charge in [0.05, 0.1) is 18.9 Å². The highest BCUT2D eigenvalue weighted by atomic mass is 79.9. The number of nitrogens with zero attached hydrogens (tertiary/aromatic N) is 1. The van der Waals surface area contributed by atoms with Gasteiger partial charge in [-0.3, -0.25) is 4.79 Å². The highest BCUT2D eigenvalue weighted by Gasteiger charge is 2.36. The van der Waals surface area contributed by atoms with Crippen LogP contribution >= 0.6 is 27.5 Å². The molecule has 130 valence electrons. The van der Waals surface area contributed by atoms with Crippen LogP contribution in [0, 0.1) is 0 Å². The van der Waals surface area contributed by atoms with E-state index in [1.165, 1.54) is 14.2 Å². The number of amides is 1. The predicted octanol–water partition coefficient (Wildman–Crippen LogP) is 1.64. The van der Waals surface area contributed by atoms with E-state index in [0.717, 1.165) is 0 Å². The molecule has 1 amide bonds. The molecule has 1 heterocycles. The van der Waals surface area contributed by atoms with Gasteiger partial charge in [0.15, 0.2) is 0 Å². The van der Waals surface area contributed by atoms with Gasteiger partial charge in [0, 0.05) is 14.2 Å². The van der Waals surface area contributed by atoms with Crippen LogP contribution in [0.4, 0.5) is 0 Å². The molecule has 0 aliphatic carbocycles. The minimum Gasteiger partial charge on any atom is -0.359 e. The predicted molar refractivity (Wildman–Crippen MR) is 88.1 cm³/mol. The molecule has 0 aliphatic rings. The molecule has 0 spiro atoms. The third-order valence-electron chi connectivity index (χ3n) is 2.80. The molecule has 0 aromatic carbocycles. The van der Waals surface area contributed by atoms with E-state index in [1.54, 1.807) is 18.2 Å². The number of hydrogen-bond donors (Lipinski definition) is 1. The van der Waals surface area contributed by atoms with E-state index in [9.17, 15) is 4.79 Å². The lowest BCUT2D eigenvalue weighted by Crippen LogP contribution is -2.53. The second kappa shape index (κ2) is 10.9. The van der Waals surface area contributed by atoms with Crippen molar-refractivity contribution in [1.29, 1.82) is 0 Å². The Bertz CT molecular complexity index is 482. The summed E-state index contributed by atoms with van der Waals surface area (Å²) >= 11 is 8.95. The molecule has 0 atom stereocenters. The minimum atomic E-state index is -1.02. The van der Waals surface area contributed by atoms with Crippen molar-refractivity contribution in [3.05, 3.63) is 28.5 Å². The van der Waals surface area contributed by atoms with Gasteiger partial charge < -0.3 is 24.3 Å². The summed E-state index contributed by atoms with van der Waals surface area (Å²) < 4.78 is 21.3. The van der Waals surface area contributed by atoms with Crippen molar-refractivity contribution in [1.82, 2.24) is 10.3 Å². The maximum Gasteiger partial charge on any atom is 0.235 e. The van der Waals surface area contributed by atoms with Gasteiger partial charge in [0.1, 0.15) is 29.6 Å². The van der Waals surface area contributed by atoms with Crippen molar-refractivity contribution >= 4 is 33.4 Å². The third-order valence-corrected chi connectivity index (χ3v) is 3.49. The van der Waals surface area contributed by atoms with Gasteiger partial charge in [-0.05, 0) is 28.1 Å². The van der Waals surface area contributed by atoms with Gasteiger partial charge in [-0.1, -0.05) is 6.07 Å². The van der Waals surface area contributed by atoms with Crippen molar-refractivity contribution < 1.29 is 23.7 Å². The zero-order valence-electron chi connectivity index (χ0n) is 13.0. The van der Waals surface area contributed by atoms with Crippen LogP contribution in [0.3, 0.4) is 0 Å². The molecule has 0 aliphatic heterocycles. The van der Waals surface area contributed by atoms with E-state index in [1.807, 2.05) is 0 Å². The number of aromatic nitrogens is 1. The highest BCUT2D eigenvalue weighted by molar-refractivity contribution is 9.10. The standard InChI is InChI=1S/C14H20BrClN2O5/c1-20-9-22-7-14(8-23-10-21-2,18-13(19)6-16)11-4-3-5-12(15)17-11/h3-5H,6-10H2,1-2H3,(H,18,19). The summed E-state index contributed by atoms with van der Waals surface area (Å²) in [6.45, 7) is 0.320. The Morgan fingerprint density at radius 3 is 2.35 bits per heavy atom. The average Bonchev–Trinajstić information content (AvgIpc) is 2.55. The fraction of sp³-hybridized carbons (Fsp3) is 0.571. The van der Waals surface area contributed by atoms with Crippen molar-refractivity contribution in [2.75, 3.05) is 46.9 Å². The van der Waals surface area contributed by atoms with E-state index < -0.39 is 5.54 Å². The molecule has 0 fully saturated rings. The van der Waals surface area contributed by atoms with Crippen molar-refractivity contribution in [2.45, 2.75) is 5.54 Å². The maximum atomic E-state index is 11.9. The topological polar surface area (TPSA) is 78.9 Å². The fourth-order valence-electron chi connectivity index (χ4n) is 1.90. The number of carbonyl (C=O) groups is 1. The summed E-state index contributed by atoms with van der Waals surface area (Å²) in [6, 6.07) is 5.36. The van der Waals surface area contributed by atoms with E-state index in [0.29, 0.717) is 10.3 Å². The minimum absolute atomic E-state index is 0.0662. The monoisotopic (exact) mass is 410 g/mol. The molecule has 0 bridgehead atoms. The summed E-state index contributed by atoms with van der Waals surface area (Å²) in [7, 11) is 3.02. The first-order valence-corrected chi connectivity index (χ1v) is 8.04. The summed E-state index contributed by atoms with van der Waals surface area (Å²) in [5.74, 6) is -0.555. The van der Waals surface area contributed by atoms with Gasteiger partial charge in [-0.2, -0.15) is 0 Å². The third kappa shape index (κ3) is 6.70. The van der Waals surface area contributed by atoms with Crippen LogP contribution < -0.4 is 5.32 Å². The van der Waals surface area contributed by atoms with Gasteiger partial charge in [-0.15, -0.1) is 11.6 Å². The molecular formula is C14H20BrClN2O5. The Morgan fingerprint density at radius 1 is 1.26 bits per heavy atom. The lowest BCUT2D eigenvalue weighted by molar-refractivity contribution is -0.129. The van der Waals surface area contributed by atoms with Crippen molar-refractivity contribution in [3.63, 3.8) is 0 Å². The smallest absolute Gasteiger partial charge is 0.235 e. The first-order chi connectivity index (χ1) is 11.1. The largest absolute Gasteiger partial charge is 0.359 e. The van der Waals surface area contributed by atoms with Crippen LogP contribution in [0.25, 0.3) is 0 Å². The normalized spacial score (nSPS) is 11.5. The lowest BCUT2D eigenvalue weighted by Gasteiger charge is -2.33. The van der Waals surface area contributed by atoms with Crippen molar-refractivity contribution in [3.8, 4) is 0 Å². The van der Waals surface area contributed by atoms with Gasteiger partial charge in [0.25, 0.3) is 0 Å². The quantitative estimate of drug-likeness (QED) is 0.258. The van der Waals surface area contributed by atoms with Crippen LogP contribution in [-0.2, 0) is 29.3 Å². The molecule has 0 saturated heterocycles. The molecule has 7 nitrogen and oxygen atoms in total. The van der Waals surface area contributed by atoms with Gasteiger partial charge >= 0.3 is 0 Å². The second-order valence-electron chi connectivity index (χ2n) is 4.62. The first kappa shape index (κ1) is 20.3. The Balaban J connectivity index is 3.10.